The number of hydrogen-bond donors (Lipinski definition) is 1. The van der Waals surface area contributed by atoms with E-state index in [4.69, 9.17) is 9.47 Å². The molecule has 0 saturated carbocycles. The molecule has 0 aliphatic carbocycles. The number of aromatic nitrogens is 4. The first-order valence-electron chi connectivity index (χ1n) is 8.76. The van der Waals surface area contributed by atoms with Gasteiger partial charge in [0.25, 0.3) is 5.91 Å². The normalized spacial score (nSPS) is 14.9. The van der Waals surface area contributed by atoms with Crippen molar-refractivity contribution in [3.63, 3.8) is 0 Å². The summed E-state index contributed by atoms with van der Waals surface area (Å²) in [6.45, 7) is 7.75. The second-order valence-electron chi connectivity index (χ2n) is 6.03. The number of H-pyrrole nitrogens is 1. The Hall–Kier alpha value is -2.90. The third-order valence-corrected chi connectivity index (χ3v) is 4.36. The first-order valence-corrected chi connectivity index (χ1v) is 8.76. The van der Waals surface area contributed by atoms with Gasteiger partial charge in [-0.1, -0.05) is 17.9 Å². The lowest BCUT2D eigenvalue weighted by atomic mass is 9.95. The van der Waals surface area contributed by atoms with Gasteiger partial charge in [0.2, 0.25) is 0 Å². The number of nitrogens with one attached hydrogen (secondary N) is 1. The number of amides is 1. The average Bonchev–Trinajstić information content (AvgIpc) is 3.21. The van der Waals surface area contributed by atoms with Crippen LogP contribution in [0.3, 0.4) is 0 Å². The highest BCUT2D eigenvalue weighted by Gasteiger charge is 2.27. The number of carbonyl (C=O) groups is 1. The highest BCUT2D eigenvalue weighted by molar-refractivity contribution is 5.95. The number of aromatic amines is 1. The number of ether oxygens (including phenoxy) is 2. The Balaban J connectivity index is 1.67. The maximum atomic E-state index is 12.8. The molecule has 0 unspecified atom stereocenters. The van der Waals surface area contributed by atoms with E-state index in [2.05, 4.69) is 27.2 Å². The predicted molar refractivity (Wildman–Crippen MR) is 95.4 cm³/mol. The van der Waals surface area contributed by atoms with Gasteiger partial charge in [-0.15, -0.1) is 10.2 Å². The zero-order chi connectivity index (χ0) is 18.4. The average molecular weight is 357 g/mol. The van der Waals surface area contributed by atoms with Gasteiger partial charge in [-0.2, -0.15) is 5.21 Å². The number of benzene rings is 1. The Kier molecular flexibility index (Phi) is 5.83. The summed E-state index contributed by atoms with van der Waals surface area (Å²) in [5.41, 5.74) is 0.595. The molecule has 8 heteroatoms. The van der Waals surface area contributed by atoms with Crippen molar-refractivity contribution in [1.82, 2.24) is 25.5 Å². The molecule has 2 heterocycles. The van der Waals surface area contributed by atoms with Crippen LogP contribution in [0.15, 0.2) is 30.9 Å². The Bertz CT molecular complexity index is 739. The van der Waals surface area contributed by atoms with Crippen molar-refractivity contribution in [2.75, 3.05) is 26.3 Å². The number of rotatable bonds is 7. The number of nitrogens with zero attached hydrogens (tertiary/aromatic N) is 4. The Morgan fingerprint density at radius 1 is 1.35 bits per heavy atom. The minimum atomic E-state index is -0.00668. The topological polar surface area (TPSA) is 93.2 Å². The number of tetrazole rings is 1. The van der Waals surface area contributed by atoms with Gasteiger partial charge >= 0.3 is 0 Å². The van der Waals surface area contributed by atoms with E-state index in [0.29, 0.717) is 43.4 Å². The Morgan fingerprint density at radius 2 is 2.15 bits per heavy atom. The summed E-state index contributed by atoms with van der Waals surface area (Å²) in [7, 11) is 0. The summed E-state index contributed by atoms with van der Waals surface area (Å²) in [6, 6.07) is 5.29. The Morgan fingerprint density at radius 3 is 2.81 bits per heavy atom. The lowest BCUT2D eigenvalue weighted by Crippen LogP contribution is -2.38. The van der Waals surface area contributed by atoms with Crippen molar-refractivity contribution >= 4 is 5.91 Å². The summed E-state index contributed by atoms with van der Waals surface area (Å²) in [6.07, 6.45) is 3.32. The van der Waals surface area contributed by atoms with Crippen LogP contribution < -0.4 is 9.47 Å². The van der Waals surface area contributed by atoms with Crippen molar-refractivity contribution < 1.29 is 14.3 Å². The zero-order valence-corrected chi connectivity index (χ0v) is 14.9. The largest absolute Gasteiger partial charge is 0.490 e. The van der Waals surface area contributed by atoms with Gasteiger partial charge in [0.05, 0.1) is 6.61 Å². The van der Waals surface area contributed by atoms with E-state index in [-0.39, 0.29) is 11.8 Å². The van der Waals surface area contributed by atoms with E-state index in [9.17, 15) is 4.79 Å². The second-order valence-corrected chi connectivity index (χ2v) is 6.03. The first-order chi connectivity index (χ1) is 12.7. The lowest BCUT2D eigenvalue weighted by Gasteiger charge is -2.30. The van der Waals surface area contributed by atoms with Gasteiger partial charge in [0.1, 0.15) is 6.61 Å². The van der Waals surface area contributed by atoms with Crippen LogP contribution in [0.1, 0.15) is 41.9 Å². The predicted octanol–water partition coefficient (Wildman–Crippen LogP) is 2.18. The molecule has 0 radical (unpaired) electrons. The van der Waals surface area contributed by atoms with Crippen LogP contribution >= 0.6 is 0 Å². The van der Waals surface area contributed by atoms with E-state index in [1.165, 1.54) is 0 Å². The van der Waals surface area contributed by atoms with Crippen molar-refractivity contribution in [3.8, 4) is 11.5 Å². The highest BCUT2D eigenvalue weighted by atomic mass is 16.5. The molecule has 1 aromatic heterocycles. The first kappa shape index (κ1) is 17.9. The molecule has 8 nitrogen and oxygen atoms in total. The molecular weight excluding hydrogens is 334 g/mol. The van der Waals surface area contributed by atoms with Gasteiger partial charge in [0, 0.05) is 24.6 Å². The van der Waals surface area contributed by atoms with Crippen LogP contribution in [0.5, 0.6) is 11.5 Å². The van der Waals surface area contributed by atoms with E-state index < -0.39 is 0 Å². The van der Waals surface area contributed by atoms with Gasteiger partial charge in [0.15, 0.2) is 17.3 Å². The molecule has 138 valence electrons. The molecule has 26 heavy (non-hydrogen) atoms. The van der Waals surface area contributed by atoms with Crippen molar-refractivity contribution in [2.24, 2.45) is 0 Å². The van der Waals surface area contributed by atoms with Gasteiger partial charge in [-0.25, -0.2) is 0 Å². The van der Waals surface area contributed by atoms with Gasteiger partial charge < -0.3 is 14.4 Å². The fourth-order valence-electron chi connectivity index (χ4n) is 3.04. The number of piperidine rings is 1. The highest BCUT2D eigenvalue weighted by Crippen LogP contribution is 2.30. The summed E-state index contributed by atoms with van der Waals surface area (Å²) in [4.78, 5) is 14.7. The minimum Gasteiger partial charge on any atom is -0.490 e. The Labute approximate surface area is 152 Å². The molecule has 0 atom stereocenters. The fraction of sp³-hybridized carbons (Fsp3) is 0.444. The summed E-state index contributed by atoms with van der Waals surface area (Å²) in [5, 5.41) is 14.2. The maximum Gasteiger partial charge on any atom is 0.253 e. The molecule has 0 spiro atoms. The molecule has 0 bridgehead atoms. The fourth-order valence-corrected chi connectivity index (χ4v) is 3.04. The zero-order valence-electron chi connectivity index (χ0n) is 14.9. The standard InChI is InChI=1S/C18H23N5O3/c1-3-11-26-15-6-5-14(12-16(15)25-4-2)18(24)23-9-7-13(8-10-23)17-19-21-22-20-17/h3,5-6,12-13H,1,4,7-11H2,2H3,(H,19,20,21,22). The number of hydrogen-bond acceptors (Lipinski definition) is 6. The number of carbonyl (C=O) groups excluding carboxylic acids is 1. The molecule has 1 aliphatic heterocycles. The van der Waals surface area contributed by atoms with Crippen LogP contribution in [-0.4, -0.2) is 57.7 Å². The van der Waals surface area contributed by atoms with E-state index in [0.717, 1.165) is 18.7 Å². The monoisotopic (exact) mass is 357 g/mol. The quantitative estimate of drug-likeness (QED) is 0.764. The van der Waals surface area contributed by atoms with Crippen LogP contribution in [-0.2, 0) is 0 Å². The van der Waals surface area contributed by atoms with Crippen molar-refractivity contribution in [1.29, 1.82) is 0 Å². The summed E-state index contributed by atoms with van der Waals surface area (Å²) >= 11 is 0. The molecular formula is C18H23N5O3. The molecule has 1 amide bonds. The van der Waals surface area contributed by atoms with Crippen LogP contribution in [0, 0.1) is 0 Å². The van der Waals surface area contributed by atoms with E-state index >= 15 is 0 Å². The molecule has 1 aliphatic rings. The van der Waals surface area contributed by atoms with Crippen molar-refractivity contribution in [2.45, 2.75) is 25.7 Å². The van der Waals surface area contributed by atoms with Crippen molar-refractivity contribution in [3.05, 3.63) is 42.2 Å². The lowest BCUT2D eigenvalue weighted by molar-refractivity contribution is 0.0710. The maximum absolute atomic E-state index is 12.8. The molecule has 3 rings (SSSR count). The summed E-state index contributed by atoms with van der Waals surface area (Å²) in [5.74, 6) is 2.14. The van der Waals surface area contributed by atoms with Crippen LogP contribution in [0.2, 0.25) is 0 Å². The van der Waals surface area contributed by atoms with Crippen LogP contribution in [0.25, 0.3) is 0 Å². The number of likely N-dealkylation sites (tertiary alicyclic amines) is 1. The van der Waals surface area contributed by atoms with E-state index in [1.807, 2.05) is 11.8 Å². The molecule has 1 saturated heterocycles. The molecule has 1 aromatic carbocycles. The molecule has 1 fully saturated rings. The smallest absolute Gasteiger partial charge is 0.253 e. The van der Waals surface area contributed by atoms with Gasteiger partial charge in [-0.3, -0.25) is 4.79 Å². The SMILES string of the molecule is C=CCOc1ccc(C(=O)N2CCC(c3nn[nH]n3)CC2)cc1OCC. The molecule has 2 aromatic rings. The summed E-state index contributed by atoms with van der Waals surface area (Å²) < 4.78 is 11.2. The van der Waals surface area contributed by atoms with Gasteiger partial charge in [-0.05, 0) is 38.0 Å². The third-order valence-electron chi connectivity index (χ3n) is 4.36. The minimum absolute atomic E-state index is 0.00668. The molecule has 1 N–H and O–H groups in total. The third kappa shape index (κ3) is 4.01. The second kappa shape index (κ2) is 8.46. The van der Waals surface area contributed by atoms with E-state index in [1.54, 1.807) is 24.3 Å². The van der Waals surface area contributed by atoms with Crippen LogP contribution in [0.4, 0.5) is 0 Å².